The molecule has 0 aliphatic heterocycles. The second kappa shape index (κ2) is 7.39. The number of hydrogen-bond acceptors (Lipinski definition) is 4. The fourth-order valence-corrected chi connectivity index (χ4v) is 5.23. The van der Waals surface area contributed by atoms with E-state index in [1.54, 1.807) is 0 Å². The molecule has 0 saturated heterocycles. The minimum Gasteiger partial charge on any atom is -0.399 e. The lowest BCUT2D eigenvalue weighted by Gasteiger charge is -2.11. The summed E-state index contributed by atoms with van der Waals surface area (Å²) in [5.74, 6) is -0.392. The molecule has 0 saturated carbocycles. The van der Waals surface area contributed by atoms with Gasteiger partial charge in [-0.25, -0.2) is 13.1 Å². The van der Waals surface area contributed by atoms with E-state index in [-0.39, 0.29) is 17.9 Å². The molecular formula is C11H15Br2N3O3S. The zero-order valence-corrected chi connectivity index (χ0v) is 14.5. The Morgan fingerprint density at radius 2 is 1.75 bits per heavy atom. The number of unbranched alkanes of at least 4 members (excludes halogenated alkanes) is 1. The lowest BCUT2D eigenvalue weighted by atomic mass is 10.2. The number of sulfonamides is 1. The van der Waals surface area contributed by atoms with Gasteiger partial charge in [-0.15, -0.1) is 0 Å². The lowest BCUT2D eigenvalue weighted by Crippen LogP contribution is -2.26. The number of nitrogen functional groups attached to an aromatic ring is 1. The van der Waals surface area contributed by atoms with Crippen molar-refractivity contribution >= 4 is 53.5 Å². The van der Waals surface area contributed by atoms with Crippen LogP contribution in [0.3, 0.4) is 0 Å². The molecule has 0 atom stereocenters. The minimum absolute atomic E-state index is 0.0987. The van der Waals surface area contributed by atoms with Gasteiger partial charge in [-0.1, -0.05) is 0 Å². The molecule has 1 amide bonds. The van der Waals surface area contributed by atoms with Crippen LogP contribution in [-0.4, -0.2) is 20.9 Å². The summed E-state index contributed by atoms with van der Waals surface area (Å²) < 4.78 is 27.6. The van der Waals surface area contributed by atoms with Gasteiger partial charge in [-0.3, -0.25) is 4.79 Å². The van der Waals surface area contributed by atoms with E-state index in [9.17, 15) is 13.2 Å². The number of hydrogen-bond donors (Lipinski definition) is 3. The van der Waals surface area contributed by atoms with E-state index in [4.69, 9.17) is 11.5 Å². The van der Waals surface area contributed by atoms with Crippen LogP contribution in [0.4, 0.5) is 5.69 Å². The normalized spacial score (nSPS) is 11.5. The maximum atomic E-state index is 12.2. The summed E-state index contributed by atoms with van der Waals surface area (Å²) in [6.45, 7) is 0.235. The van der Waals surface area contributed by atoms with Gasteiger partial charge < -0.3 is 11.5 Å². The molecule has 0 unspecified atom stereocenters. The quantitative estimate of drug-likeness (QED) is 0.452. The van der Waals surface area contributed by atoms with Gasteiger partial charge in [0.1, 0.15) is 4.90 Å². The molecular weight excluding hydrogens is 414 g/mol. The first-order valence-electron chi connectivity index (χ1n) is 5.76. The van der Waals surface area contributed by atoms with E-state index in [0.717, 1.165) is 0 Å². The largest absolute Gasteiger partial charge is 0.399 e. The molecule has 0 radical (unpaired) electrons. The molecule has 1 rings (SSSR count). The summed E-state index contributed by atoms with van der Waals surface area (Å²) in [5.41, 5.74) is 11.1. The van der Waals surface area contributed by atoms with Gasteiger partial charge in [0.05, 0.1) is 0 Å². The number of benzene rings is 1. The molecule has 20 heavy (non-hydrogen) atoms. The van der Waals surface area contributed by atoms with Crippen LogP contribution in [0.1, 0.15) is 19.3 Å². The summed E-state index contributed by atoms with van der Waals surface area (Å²) in [7, 11) is -3.65. The summed E-state index contributed by atoms with van der Waals surface area (Å²) in [5, 5.41) is 0. The maximum absolute atomic E-state index is 12.2. The van der Waals surface area contributed by atoms with E-state index in [2.05, 4.69) is 36.6 Å². The zero-order chi connectivity index (χ0) is 15.3. The fraction of sp³-hybridized carbons (Fsp3) is 0.364. The van der Waals surface area contributed by atoms with Gasteiger partial charge in [0.2, 0.25) is 15.9 Å². The van der Waals surface area contributed by atoms with Crippen LogP contribution in [0.25, 0.3) is 0 Å². The van der Waals surface area contributed by atoms with Crippen molar-refractivity contribution in [3.63, 3.8) is 0 Å². The first kappa shape index (κ1) is 17.4. The molecule has 1 aromatic carbocycles. The molecule has 9 heteroatoms. The molecule has 0 heterocycles. The van der Waals surface area contributed by atoms with Gasteiger partial charge in [0.15, 0.2) is 0 Å². The third-order valence-electron chi connectivity index (χ3n) is 2.43. The van der Waals surface area contributed by atoms with Crippen molar-refractivity contribution in [2.75, 3.05) is 12.3 Å². The zero-order valence-electron chi connectivity index (χ0n) is 10.5. The maximum Gasteiger partial charge on any atom is 0.242 e. The third-order valence-corrected chi connectivity index (χ3v) is 5.77. The predicted octanol–water partition coefficient (Wildman–Crippen LogP) is 1.73. The summed E-state index contributed by atoms with van der Waals surface area (Å²) in [6.07, 6.45) is 1.32. The van der Waals surface area contributed by atoms with Crippen LogP contribution in [0.15, 0.2) is 26.0 Å². The van der Waals surface area contributed by atoms with Crippen molar-refractivity contribution in [2.45, 2.75) is 24.2 Å². The van der Waals surface area contributed by atoms with Crippen molar-refractivity contribution in [3.8, 4) is 0 Å². The summed E-state index contributed by atoms with van der Waals surface area (Å²) >= 11 is 6.37. The molecule has 112 valence electrons. The highest BCUT2D eigenvalue weighted by Gasteiger charge is 2.21. The van der Waals surface area contributed by atoms with Crippen LogP contribution < -0.4 is 16.2 Å². The third kappa shape index (κ3) is 5.04. The van der Waals surface area contributed by atoms with E-state index in [0.29, 0.717) is 27.5 Å². The van der Waals surface area contributed by atoms with Gasteiger partial charge in [0, 0.05) is 27.6 Å². The highest BCUT2D eigenvalue weighted by molar-refractivity contribution is 9.11. The number of nitrogens with one attached hydrogen (secondary N) is 1. The van der Waals surface area contributed by atoms with Crippen molar-refractivity contribution in [2.24, 2.45) is 5.73 Å². The monoisotopic (exact) mass is 427 g/mol. The number of carbonyl (C=O) groups is 1. The van der Waals surface area contributed by atoms with Crippen molar-refractivity contribution in [1.29, 1.82) is 0 Å². The number of carbonyl (C=O) groups excluding carboxylic acids is 1. The average Bonchev–Trinajstić information content (AvgIpc) is 2.25. The predicted molar refractivity (Wildman–Crippen MR) is 84.5 cm³/mol. The average molecular weight is 429 g/mol. The van der Waals surface area contributed by atoms with E-state index >= 15 is 0 Å². The Kier molecular flexibility index (Phi) is 6.44. The van der Waals surface area contributed by atoms with Crippen LogP contribution in [0.2, 0.25) is 0 Å². The second-order valence-electron chi connectivity index (χ2n) is 4.13. The molecule has 0 aliphatic carbocycles. The van der Waals surface area contributed by atoms with Crippen LogP contribution >= 0.6 is 31.9 Å². The van der Waals surface area contributed by atoms with Crippen LogP contribution in [0, 0.1) is 0 Å². The number of primary amides is 1. The fourth-order valence-electron chi connectivity index (χ4n) is 1.54. The Morgan fingerprint density at radius 1 is 1.20 bits per heavy atom. The number of amides is 1. The topological polar surface area (TPSA) is 115 Å². The molecule has 5 N–H and O–H groups in total. The van der Waals surface area contributed by atoms with Crippen LogP contribution in [-0.2, 0) is 14.8 Å². The van der Waals surface area contributed by atoms with Gasteiger partial charge in [-0.2, -0.15) is 0 Å². The SMILES string of the molecule is NC(=O)CCCCNS(=O)(=O)c1c(Br)cc(N)cc1Br. The Hall–Kier alpha value is -0.640. The molecule has 0 aliphatic rings. The highest BCUT2D eigenvalue weighted by Crippen LogP contribution is 2.32. The van der Waals surface area contributed by atoms with Crippen molar-refractivity contribution in [3.05, 3.63) is 21.1 Å². The van der Waals surface area contributed by atoms with Crippen molar-refractivity contribution in [1.82, 2.24) is 4.72 Å². The van der Waals surface area contributed by atoms with Gasteiger partial charge in [-0.05, 0) is 56.8 Å². The van der Waals surface area contributed by atoms with E-state index < -0.39 is 15.9 Å². The smallest absolute Gasteiger partial charge is 0.242 e. The first-order chi connectivity index (χ1) is 9.24. The number of nitrogens with two attached hydrogens (primary N) is 2. The molecule has 0 bridgehead atoms. The van der Waals surface area contributed by atoms with Gasteiger partial charge in [0.25, 0.3) is 0 Å². The highest BCUT2D eigenvalue weighted by atomic mass is 79.9. The second-order valence-corrected chi connectivity index (χ2v) is 7.55. The number of halogens is 2. The minimum atomic E-state index is -3.65. The Balaban J connectivity index is 2.73. The summed E-state index contributed by atoms with van der Waals surface area (Å²) in [6, 6.07) is 3.04. The molecule has 0 spiro atoms. The van der Waals surface area contributed by atoms with E-state index in [1.807, 2.05) is 0 Å². The van der Waals surface area contributed by atoms with Gasteiger partial charge >= 0.3 is 0 Å². The van der Waals surface area contributed by atoms with Crippen LogP contribution in [0.5, 0.6) is 0 Å². The Bertz CT molecular complexity index is 582. The molecule has 0 aromatic heterocycles. The van der Waals surface area contributed by atoms with E-state index in [1.165, 1.54) is 12.1 Å². The van der Waals surface area contributed by atoms with Crippen molar-refractivity contribution < 1.29 is 13.2 Å². The molecule has 1 aromatic rings. The Labute approximate surface area is 134 Å². The number of anilines is 1. The Morgan fingerprint density at radius 3 is 2.25 bits per heavy atom. The number of rotatable bonds is 7. The molecule has 0 fully saturated rings. The summed E-state index contributed by atoms with van der Waals surface area (Å²) in [4.78, 5) is 10.7. The first-order valence-corrected chi connectivity index (χ1v) is 8.83. The lowest BCUT2D eigenvalue weighted by molar-refractivity contribution is -0.118. The standard InChI is InChI=1S/C11H15Br2N3O3S/c12-8-5-7(14)6-9(13)11(8)20(18,19)16-4-2-1-3-10(15)17/h5-6,16H,1-4,14H2,(H2,15,17). The molecule has 6 nitrogen and oxygen atoms in total.